The number of aliphatic hydroxyl groups excluding tert-OH is 1. The topological polar surface area (TPSA) is 89.9 Å². The largest absolute Gasteiger partial charge is 0.469 e. The van der Waals surface area contributed by atoms with Crippen molar-refractivity contribution in [3.63, 3.8) is 0 Å². The monoisotopic (exact) mass is 354 g/mol. The Bertz CT molecular complexity index is 915. The first kappa shape index (κ1) is 17.8. The summed E-state index contributed by atoms with van der Waals surface area (Å²) < 4.78 is 9.45. The Morgan fingerprint density at radius 1 is 0.962 bits per heavy atom. The number of ketones is 1. The maximum absolute atomic E-state index is 13.1. The lowest BCUT2D eigenvalue weighted by atomic mass is 9.91. The van der Waals surface area contributed by atoms with Crippen molar-refractivity contribution in [2.75, 3.05) is 14.2 Å². The first-order chi connectivity index (χ1) is 12.4. The maximum Gasteiger partial charge on any atom is 0.338 e. The minimum Gasteiger partial charge on any atom is -0.469 e. The van der Waals surface area contributed by atoms with Crippen LogP contribution in [0.2, 0.25) is 0 Å². The van der Waals surface area contributed by atoms with Crippen molar-refractivity contribution in [1.29, 1.82) is 0 Å². The molecule has 2 aromatic carbocycles. The lowest BCUT2D eigenvalue weighted by Gasteiger charge is -2.19. The van der Waals surface area contributed by atoms with Crippen molar-refractivity contribution in [2.45, 2.75) is 13.0 Å². The molecule has 6 nitrogen and oxygen atoms in total. The summed E-state index contributed by atoms with van der Waals surface area (Å²) in [6.45, 7) is 1.53. The molecule has 2 aromatic rings. The summed E-state index contributed by atoms with van der Waals surface area (Å²) >= 11 is 0. The molecule has 0 aliphatic heterocycles. The molecular formula is C20H18O6. The van der Waals surface area contributed by atoms with Crippen molar-refractivity contribution in [3.8, 4) is 11.1 Å². The predicted molar refractivity (Wildman–Crippen MR) is 92.8 cm³/mol. The molecule has 1 N–H and O–H groups in total. The van der Waals surface area contributed by atoms with Crippen molar-refractivity contribution in [3.05, 3.63) is 58.7 Å². The molecule has 0 amide bonds. The van der Waals surface area contributed by atoms with Gasteiger partial charge in [0.1, 0.15) is 0 Å². The zero-order chi connectivity index (χ0) is 19.0. The highest BCUT2D eigenvalue weighted by molar-refractivity contribution is 6.26. The van der Waals surface area contributed by atoms with Gasteiger partial charge in [0, 0.05) is 11.1 Å². The zero-order valence-electron chi connectivity index (χ0n) is 14.6. The van der Waals surface area contributed by atoms with Crippen molar-refractivity contribution in [2.24, 2.45) is 5.92 Å². The highest BCUT2D eigenvalue weighted by Crippen LogP contribution is 2.42. The lowest BCUT2D eigenvalue weighted by molar-refractivity contribution is -0.148. The molecule has 134 valence electrons. The molecule has 3 rings (SSSR count). The quantitative estimate of drug-likeness (QED) is 0.724. The second-order valence-electron chi connectivity index (χ2n) is 6.08. The maximum atomic E-state index is 13.1. The second kappa shape index (κ2) is 6.72. The van der Waals surface area contributed by atoms with Crippen LogP contribution in [0, 0.1) is 5.92 Å². The van der Waals surface area contributed by atoms with Gasteiger partial charge in [0.15, 0.2) is 5.78 Å². The third-order valence-electron chi connectivity index (χ3n) is 4.68. The summed E-state index contributed by atoms with van der Waals surface area (Å²) in [4.78, 5) is 36.9. The van der Waals surface area contributed by atoms with Gasteiger partial charge in [-0.3, -0.25) is 9.59 Å². The van der Waals surface area contributed by atoms with E-state index < -0.39 is 24.0 Å². The molecule has 26 heavy (non-hydrogen) atoms. The van der Waals surface area contributed by atoms with E-state index in [0.717, 1.165) is 0 Å². The van der Waals surface area contributed by atoms with Crippen molar-refractivity contribution < 1.29 is 29.0 Å². The standard InChI is InChI=1S/C20H18O6/c1-10(19(23)25-2)17(21)13-8-4-6-11-12-7-5-9-14(20(24)26-3)16(12)18(22)15(11)13/h4-10,17,21H,1-3H3. The van der Waals surface area contributed by atoms with Gasteiger partial charge in [-0.25, -0.2) is 4.79 Å². The van der Waals surface area contributed by atoms with E-state index in [1.807, 2.05) is 0 Å². The highest BCUT2D eigenvalue weighted by Gasteiger charge is 2.36. The van der Waals surface area contributed by atoms with Crippen LogP contribution in [0.15, 0.2) is 36.4 Å². The van der Waals surface area contributed by atoms with Crippen molar-refractivity contribution in [1.82, 2.24) is 0 Å². The highest BCUT2D eigenvalue weighted by atomic mass is 16.5. The van der Waals surface area contributed by atoms with Gasteiger partial charge in [0.05, 0.1) is 31.8 Å². The van der Waals surface area contributed by atoms with E-state index >= 15 is 0 Å². The minimum atomic E-state index is -1.21. The number of benzene rings is 2. The number of rotatable bonds is 4. The number of aliphatic hydroxyl groups is 1. The fourth-order valence-corrected chi connectivity index (χ4v) is 3.31. The molecular weight excluding hydrogens is 336 g/mol. The fourth-order valence-electron chi connectivity index (χ4n) is 3.31. The molecule has 0 spiro atoms. The van der Waals surface area contributed by atoms with E-state index in [1.165, 1.54) is 27.2 Å². The molecule has 0 radical (unpaired) electrons. The van der Waals surface area contributed by atoms with Crippen LogP contribution >= 0.6 is 0 Å². The Balaban J connectivity index is 2.16. The molecule has 0 saturated heterocycles. The predicted octanol–water partition coefficient (Wildman–Crippen LogP) is 2.53. The van der Waals surface area contributed by atoms with E-state index in [4.69, 9.17) is 4.74 Å². The molecule has 0 aromatic heterocycles. The summed E-state index contributed by atoms with van der Waals surface area (Å²) in [5.74, 6) is -2.40. The van der Waals surface area contributed by atoms with Crippen LogP contribution in [0.25, 0.3) is 11.1 Å². The fraction of sp³-hybridized carbons (Fsp3) is 0.250. The van der Waals surface area contributed by atoms with Crippen LogP contribution in [-0.4, -0.2) is 37.0 Å². The number of carbonyl (C=O) groups is 3. The summed E-state index contributed by atoms with van der Waals surface area (Å²) in [6.07, 6.45) is -1.21. The Morgan fingerprint density at radius 2 is 1.58 bits per heavy atom. The van der Waals surface area contributed by atoms with Gasteiger partial charge in [0.2, 0.25) is 0 Å². The van der Waals surface area contributed by atoms with Gasteiger partial charge in [-0.05, 0) is 29.7 Å². The molecule has 0 fully saturated rings. The van der Waals surface area contributed by atoms with Crippen molar-refractivity contribution >= 4 is 17.7 Å². The minimum absolute atomic E-state index is 0.174. The number of hydrogen-bond donors (Lipinski definition) is 1. The summed E-state index contributed by atoms with van der Waals surface area (Å²) in [7, 11) is 2.49. The SMILES string of the molecule is COC(=O)c1cccc2c1C(=O)c1c-2cccc1C(O)C(C)C(=O)OC. The van der Waals surface area contributed by atoms with Crippen LogP contribution < -0.4 is 0 Å². The van der Waals surface area contributed by atoms with Gasteiger partial charge < -0.3 is 14.6 Å². The Hall–Kier alpha value is -2.99. The van der Waals surface area contributed by atoms with E-state index in [9.17, 15) is 19.5 Å². The first-order valence-electron chi connectivity index (χ1n) is 8.07. The van der Waals surface area contributed by atoms with Gasteiger partial charge in [-0.1, -0.05) is 30.3 Å². The zero-order valence-corrected chi connectivity index (χ0v) is 14.6. The number of hydrogen-bond acceptors (Lipinski definition) is 6. The van der Waals surface area contributed by atoms with E-state index in [2.05, 4.69) is 4.74 Å². The smallest absolute Gasteiger partial charge is 0.338 e. The molecule has 1 aliphatic carbocycles. The van der Waals surface area contributed by atoms with Gasteiger partial charge in [-0.15, -0.1) is 0 Å². The molecule has 1 aliphatic rings. The number of carbonyl (C=O) groups excluding carboxylic acids is 3. The van der Waals surface area contributed by atoms with Crippen LogP contribution in [0.1, 0.15) is 44.9 Å². The number of esters is 2. The Morgan fingerprint density at radius 3 is 2.19 bits per heavy atom. The third-order valence-corrected chi connectivity index (χ3v) is 4.68. The number of fused-ring (bicyclic) bond motifs is 3. The van der Waals surface area contributed by atoms with Gasteiger partial charge in [0.25, 0.3) is 0 Å². The Labute approximate surface area is 150 Å². The van der Waals surface area contributed by atoms with Crippen LogP contribution in [0.3, 0.4) is 0 Å². The first-order valence-corrected chi connectivity index (χ1v) is 8.07. The van der Waals surface area contributed by atoms with E-state index in [0.29, 0.717) is 22.3 Å². The summed E-state index contributed by atoms with van der Waals surface area (Å²) in [6, 6.07) is 10.00. The lowest BCUT2D eigenvalue weighted by Crippen LogP contribution is -2.22. The summed E-state index contributed by atoms with van der Waals surface area (Å²) in [5, 5.41) is 10.6. The third kappa shape index (κ3) is 2.59. The molecule has 6 heteroatoms. The Kier molecular flexibility index (Phi) is 4.61. The van der Waals surface area contributed by atoms with E-state index in [-0.39, 0.29) is 16.9 Å². The van der Waals surface area contributed by atoms with Crippen LogP contribution in [-0.2, 0) is 14.3 Å². The summed E-state index contributed by atoms with van der Waals surface area (Å²) in [5.41, 5.74) is 2.27. The van der Waals surface area contributed by atoms with Crippen LogP contribution in [0.4, 0.5) is 0 Å². The molecule has 0 heterocycles. The second-order valence-corrected chi connectivity index (χ2v) is 6.08. The molecule has 2 atom stereocenters. The molecule has 0 bridgehead atoms. The van der Waals surface area contributed by atoms with Gasteiger partial charge >= 0.3 is 11.9 Å². The molecule has 2 unspecified atom stereocenters. The number of ether oxygens (including phenoxy) is 2. The van der Waals surface area contributed by atoms with Gasteiger partial charge in [-0.2, -0.15) is 0 Å². The normalized spacial score (nSPS) is 14.2. The van der Waals surface area contributed by atoms with Crippen LogP contribution in [0.5, 0.6) is 0 Å². The number of methoxy groups -OCH3 is 2. The average Bonchev–Trinajstić information content (AvgIpc) is 2.98. The average molecular weight is 354 g/mol. The van der Waals surface area contributed by atoms with E-state index in [1.54, 1.807) is 30.3 Å². The molecule has 0 saturated carbocycles.